The lowest BCUT2D eigenvalue weighted by Gasteiger charge is -2.11. The van der Waals surface area contributed by atoms with Gasteiger partial charge in [0.1, 0.15) is 11.5 Å². The molecule has 0 aliphatic rings. The zero-order valence-electron chi connectivity index (χ0n) is 7.71. The first-order valence-corrected chi connectivity index (χ1v) is 4.10. The van der Waals surface area contributed by atoms with Crippen LogP contribution in [0.2, 0.25) is 0 Å². The summed E-state index contributed by atoms with van der Waals surface area (Å²) >= 11 is 0. The largest absolute Gasteiger partial charge is 0.477 e. The van der Waals surface area contributed by atoms with Gasteiger partial charge in [0, 0.05) is 0 Å². The number of aryl methyl sites for hydroxylation is 1. The van der Waals surface area contributed by atoms with Gasteiger partial charge in [-0.25, -0.2) is 9.78 Å². The molecule has 1 atom stereocenters. The lowest BCUT2D eigenvalue weighted by molar-refractivity contribution is 0.0653. The van der Waals surface area contributed by atoms with Gasteiger partial charge in [-0.1, -0.05) is 0 Å². The van der Waals surface area contributed by atoms with E-state index in [0.29, 0.717) is 5.82 Å². The van der Waals surface area contributed by atoms with Crippen LogP contribution in [-0.2, 0) is 6.54 Å². The molecule has 0 amide bonds. The first-order valence-electron chi connectivity index (χ1n) is 4.10. The Bertz CT molecular complexity index is 334. The fourth-order valence-corrected chi connectivity index (χ4v) is 1.14. The number of carboxylic acid groups (broad SMARTS) is 1. The molecule has 0 aromatic carbocycles. The topological polar surface area (TPSA) is 95.6 Å². The summed E-state index contributed by atoms with van der Waals surface area (Å²) in [5.41, 5.74) is 0.00926. The molecule has 1 aromatic heterocycles. The van der Waals surface area contributed by atoms with Crippen LogP contribution in [0, 0.1) is 6.92 Å². The summed E-state index contributed by atoms with van der Waals surface area (Å²) in [6, 6.07) is 0. The highest BCUT2D eigenvalue weighted by atomic mass is 16.4. The van der Waals surface area contributed by atoms with Gasteiger partial charge in [-0.05, 0) is 6.92 Å². The highest BCUT2D eigenvalue weighted by Gasteiger charge is 2.15. The summed E-state index contributed by atoms with van der Waals surface area (Å²) in [7, 11) is 0. The van der Waals surface area contributed by atoms with Crippen molar-refractivity contribution in [2.45, 2.75) is 19.6 Å². The molecule has 0 bridgehead atoms. The standard InChI is InChI=1S/C8H12N2O4/c1-5-9-2-7(8(13)14)10(5)3-6(12)4-11/h2,6,11-12H,3-4H2,1H3,(H,13,14). The zero-order valence-corrected chi connectivity index (χ0v) is 7.71. The number of aliphatic hydroxyl groups is 2. The van der Waals surface area contributed by atoms with E-state index in [1.165, 1.54) is 10.8 Å². The Kier molecular flexibility index (Phi) is 3.21. The molecule has 1 unspecified atom stereocenters. The van der Waals surface area contributed by atoms with E-state index in [2.05, 4.69) is 4.98 Å². The minimum Gasteiger partial charge on any atom is -0.477 e. The average Bonchev–Trinajstić information content (AvgIpc) is 2.48. The first-order chi connectivity index (χ1) is 6.56. The quantitative estimate of drug-likeness (QED) is 0.594. The van der Waals surface area contributed by atoms with Crippen LogP contribution in [0.15, 0.2) is 6.20 Å². The van der Waals surface area contributed by atoms with E-state index in [-0.39, 0.29) is 12.2 Å². The monoisotopic (exact) mass is 200 g/mol. The highest BCUT2D eigenvalue weighted by molar-refractivity contribution is 5.85. The van der Waals surface area contributed by atoms with Crippen LogP contribution in [0.5, 0.6) is 0 Å². The van der Waals surface area contributed by atoms with E-state index in [9.17, 15) is 4.79 Å². The van der Waals surface area contributed by atoms with E-state index < -0.39 is 18.7 Å². The van der Waals surface area contributed by atoms with Gasteiger partial charge < -0.3 is 19.9 Å². The predicted octanol–water partition coefficient (Wildman–Crippen LogP) is -0.757. The van der Waals surface area contributed by atoms with Crippen molar-refractivity contribution in [1.82, 2.24) is 9.55 Å². The third-order valence-electron chi connectivity index (χ3n) is 1.88. The van der Waals surface area contributed by atoms with E-state index in [4.69, 9.17) is 15.3 Å². The van der Waals surface area contributed by atoms with Gasteiger partial charge in [-0.15, -0.1) is 0 Å². The molecule has 0 saturated heterocycles. The van der Waals surface area contributed by atoms with Crippen molar-refractivity contribution in [3.63, 3.8) is 0 Å². The molecule has 1 heterocycles. The predicted molar refractivity (Wildman–Crippen MR) is 47.0 cm³/mol. The average molecular weight is 200 g/mol. The van der Waals surface area contributed by atoms with E-state index >= 15 is 0 Å². The Morgan fingerprint density at radius 3 is 2.86 bits per heavy atom. The maximum atomic E-state index is 10.7. The van der Waals surface area contributed by atoms with Crippen LogP contribution < -0.4 is 0 Å². The summed E-state index contributed by atoms with van der Waals surface area (Å²) in [6.45, 7) is 1.26. The van der Waals surface area contributed by atoms with Crippen LogP contribution in [0.1, 0.15) is 16.3 Å². The molecule has 3 N–H and O–H groups in total. The van der Waals surface area contributed by atoms with E-state index in [1.807, 2.05) is 0 Å². The number of carbonyl (C=O) groups is 1. The third-order valence-corrected chi connectivity index (χ3v) is 1.88. The summed E-state index contributed by atoms with van der Waals surface area (Å²) in [4.78, 5) is 14.5. The van der Waals surface area contributed by atoms with Crippen LogP contribution >= 0.6 is 0 Å². The molecule has 78 valence electrons. The zero-order chi connectivity index (χ0) is 10.7. The second-order valence-corrected chi connectivity index (χ2v) is 2.94. The van der Waals surface area contributed by atoms with Crippen molar-refractivity contribution >= 4 is 5.97 Å². The summed E-state index contributed by atoms with van der Waals surface area (Å²) in [6.07, 6.45) is 0.253. The normalized spacial score (nSPS) is 12.8. The fourth-order valence-electron chi connectivity index (χ4n) is 1.14. The molecule has 6 heteroatoms. The molecule has 0 fully saturated rings. The molecule has 0 radical (unpaired) electrons. The lowest BCUT2D eigenvalue weighted by atomic mass is 10.3. The number of carboxylic acids is 1. The Labute approximate surface area is 80.4 Å². The second-order valence-electron chi connectivity index (χ2n) is 2.94. The molecule has 6 nitrogen and oxygen atoms in total. The van der Waals surface area contributed by atoms with E-state index in [1.54, 1.807) is 6.92 Å². The number of hydrogen-bond acceptors (Lipinski definition) is 4. The van der Waals surface area contributed by atoms with Crippen molar-refractivity contribution < 1.29 is 20.1 Å². The molecule has 0 aliphatic heterocycles. The number of aromatic carboxylic acids is 1. The smallest absolute Gasteiger partial charge is 0.354 e. The van der Waals surface area contributed by atoms with Gasteiger partial charge >= 0.3 is 5.97 Å². The maximum absolute atomic E-state index is 10.7. The van der Waals surface area contributed by atoms with Crippen molar-refractivity contribution in [1.29, 1.82) is 0 Å². The fraction of sp³-hybridized carbons (Fsp3) is 0.500. The molecule has 0 spiro atoms. The van der Waals surface area contributed by atoms with Crippen LogP contribution in [0.25, 0.3) is 0 Å². The van der Waals surface area contributed by atoms with Gasteiger partial charge in [-0.3, -0.25) is 0 Å². The van der Waals surface area contributed by atoms with Crippen LogP contribution in [0.3, 0.4) is 0 Å². The van der Waals surface area contributed by atoms with Crippen molar-refractivity contribution in [2.75, 3.05) is 6.61 Å². The lowest BCUT2D eigenvalue weighted by Crippen LogP contribution is -2.23. The maximum Gasteiger partial charge on any atom is 0.354 e. The van der Waals surface area contributed by atoms with Crippen molar-refractivity contribution in [2.24, 2.45) is 0 Å². The van der Waals surface area contributed by atoms with Gasteiger partial charge in [0.05, 0.1) is 25.5 Å². The number of aromatic nitrogens is 2. The number of aliphatic hydroxyl groups excluding tert-OH is 2. The summed E-state index contributed by atoms with van der Waals surface area (Å²) < 4.78 is 1.35. The van der Waals surface area contributed by atoms with E-state index in [0.717, 1.165) is 0 Å². The Hall–Kier alpha value is -1.40. The molecular formula is C8H12N2O4. The van der Waals surface area contributed by atoms with Crippen LogP contribution in [-0.4, -0.2) is 43.6 Å². The second kappa shape index (κ2) is 4.21. The Morgan fingerprint density at radius 2 is 2.36 bits per heavy atom. The SMILES string of the molecule is Cc1ncc(C(=O)O)n1CC(O)CO. The minimum absolute atomic E-state index is 0.00926. The van der Waals surface area contributed by atoms with Gasteiger partial charge in [0.2, 0.25) is 0 Å². The van der Waals surface area contributed by atoms with Gasteiger partial charge in [-0.2, -0.15) is 0 Å². The molecule has 0 saturated carbocycles. The van der Waals surface area contributed by atoms with Gasteiger partial charge in [0.15, 0.2) is 0 Å². The number of nitrogens with zero attached hydrogens (tertiary/aromatic N) is 2. The Morgan fingerprint density at radius 1 is 1.71 bits per heavy atom. The summed E-state index contributed by atoms with van der Waals surface area (Å²) in [5.74, 6) is -0.606. The molecular weight excluding hydrogens is 188 g/mol. The highest BCUT2D eigenvalue weighted by Crippen LogP contribution is 2.05. The minimum atomic E-state index is -1.10. The molecule has 0 aliphatic carbocycles. The summed E-state index contributed by atoms with van der Waals surface area (Å²) in [5, 5.41) is 26.6. The van der Waals surface area contributed by atoms with Crippen LogP contribution in [0.4, 0.5) is 0 Å². The molecule has 1 aromatic rings. The van der Waals surface area contributed by atoms with Crippen molar-refractivity contribution in [3.05, 3.63) is 17.7 Å². The van der Waals surface area contributed by atoms with Crippen molar-refractivity contribution in [3.8, 4) is 0 Å². The third kappa shape index (κ3) is 2.09. The molecule has 1 rings (SSSR count). The Balaban J connectivity index is 2.93. The number of imidazole rings is 1. The first kappa shape index (κ1) is 10.7. The molecule has 14 heavy (non-hydrogen) atoms. The number of rotatable bonds is 4. The van der Waals surface area contributed by atoms with Gasteiger partial charge in [0.25, 0.3) is 0 Å². The number of hydrogen-bond donors (Lipinski definition) is 3.